The van der Waals surface area contributed by atoms with Gasteiger partial charge < -0.3 is 19.8 Å². The maximum absolute atomic E-state index is 13.4. The molecule has 0 aliphatic carbocycles. The van der Waals surface area contributed by atoms with Gasteiger partial charge in [-0.3, -0.25) is 0 Å². The van der Waals surface area contributed by atoms with Crippen LogP contribution in [0.1, 0.15) is 22.8 Å². The molecule has 1 atom stereocenters. The van der Waals surface area contributed by atoms with Crippen LogP contribution in [0, 0.1) is 12.7 Å². The first-order valence-electron chi connectivity index (χ1n) is 10.8. The molecule has 1 fully saturated rings. The third-order valence-corrected chi connectivity index (χ3v) is 5.76. The lowest BCUT2D eigenvalue weighted by atomic mass is 10.1. The first kappa shape index (κ1) is 22.4. The summed E-state index contributed by atoms with van der Waals surface area (Å²) in [6.45, 7) is 6.16. The zero-order valence-electron chi connectivity index (χ0n) is 19.2. The van der Waals surface area contributed by atoms with Crippen molar-refractivity contribution in [3.63, 3.8) is 0 Å². The van der Waals surface area contributed by atoms with Gasteiger partial charge in [-0.05, 0) is 49.7 Å². The van der Waals surface area contributed by atoms with Gasteiger partial charge in [-0.25, -0.2) is 19.2 Å². The quantitative estimate of drug-likeness (QED) is 0.633. The topological polar surface area (TPSA) is 85.7 Å². The number of anilines is 3. The summed E-state index contributed by atoms with van der Waals surface area (Å²) < 4.78 is 13.4. The van der Waals surface area contributed by atoms with E-state index in [0.29, 0.717) is 12.5 Å². The fourth-order valence-corrected chi connectivity index (χ4v) is 4.04. The molecule has 33 heavy (non-hydrogen) atoms. The van der Waals surface area contributed by atoms with Gasteiger partial charge in [0.15, 0.2) is 0 Å². The Hall–Kier alpha value is -3.75. The second kappa shape index (κ2) is 9.01. The average Bonchev–Trinajstić information content (AvgIpc) is 2.79. The van der Waals surface area contributed by atoms with Crippen LogP contribution in [-0.4, -0.2) is 65.8 Å². The van der Waals surface area contributed by atoms with E-state index in [2.05, 4.69) is 26.7 Å². The molecule has 0 spiro atoms. The summed E-state index contributed by atoms with van der Waals surface area (Å²) in [5.74, 6) is 0.933. The molecule has 3 heterocycles. The molecule has 172 valence electrons. The number of carbonyl (C=O) groups is 1. The molecule has 1 aromatic carbocycles. The minimum Gasteiger partial charge on any atom is -0.478 e. The Balaban J connectivity index is 1.60. The normalized spacial score (nSPS) is 16.1. The smallest absolute Gasteiger partial charge is 0.337 e. The number of carboxylic acids is 1. The van der Waals surface area contributed by atoms with Crippen LogP contribution in [0.3, 0.4) is 0 Å². The molecule has 1 N–H and O–H groups in total. The summed E-state index contributed by atoms with van der Waals surface area (Å²) in [5, 5.41) is 9.20. The summed E-state index contributed by atoms with van der Waals surface area (Å²) in [7, 11) is 3.79. The van der Waals surface area contributed by atoms with Gasteiger partial charge in [-0.2, -0.15) is 4.98 Å². The molecule has 0 radical (unpaired) electrons. The summed E-state index contributed by atoms with van der Waals surface area (Å²) >= 11 is 0. The van der Waals surface area contributed by atoms with E-state index in [1.807, 2.05) is 32.0 Å². The van der Waals surface area contributed by atoms with Crippen LogP contribution in [0.2, 0.25) is 0 Å². The first-order valence-corrected chi connectivity index (χ1v) is 10.8. The van der Waals surface area contributed by atoms with Crippen LogP contribution in [0.5, 0.6) is 0 Å². The van der Waals surface area contributed by atoms with Crippen LogP contribution in [0.4, 0.5) is 22.0 Å². The zero-order chi connectivity index (χ0) is 23.7. The van der Waals surface area contributed by atoms with Crippen LogP contribution < -0.4 is 14.7 Å². The highest BCUT2D eigenvalue weighted by atomic mass is 19.1. The van der Waals surface area contributed by atoms with Gasteiger partial charge >= 0.3 is 5.97 Å². The molecule has 0 bridgehead atoms. The molecule has 0 saturated carbocycles. The molecule has 1 saturated heterocycles. The Kier molecular flexibility index (Phi) is 6.13. The van der Waals surface area contributed by atoms with Crippen molar-refractivity contribution in [3.05, 3.63) is 59.5 Å². The Bertz CT molecular complexity index is 1170. The molecule has 4 rings (SSSR count). The molecule has 9 heteroatoms. The van der Waals surface area contributed by atoms with Crippen LogP contribution in [-0.2, 0) is 0 Å². The number of benzene rings is 1. The van der Waals surface area contributed by atoms with Gasteiger partial charge in [-0.15, -0.1) is 0 Å². The fourth-order valence-electron chi connectivity index (χ4n) is 4.04. The number of aromatic nitrogens is 3. The minimum absolute atomic E-state index is 0.130. The molecular weight excluding hydrogens is 423 g/mol. The SMILES string of the molecule is Cc1cc(C(=O)O)cnc1N1CCN(c2cc(-c3ccc(F)cc3)nc(N(C)C)n2)[C@H](C)C1. The van der Waals surface area contributed by atoms with Crippen LogP contribution >= 0.6 is 0 Å². The molecule has 0 unspecified atom stereocenters. The Morgan fingerprint density at radius 3 is 2.48 bits per heavy atom. The highest BCUT2D eigenvalue weighted by Gasteiger charge is 2.27. The largest absolute Gasteiger partial charge is 0.478 e. The molecule has 1 aliphatic heterocycles. The van der Waals surface area contributed by atoms with E-state index in [4.69, 9.17) is 4.98 Å². The van der Waals surface area contributed by atoms with Crippen molar-refractivity contribution in [3.8, 4) is 11.3 Å². The number of hydrogen-bond acceptors (Lipinski definition) is 7. The molecule has 2 aromatic heterocycles. The number of rotatable bonds is 5. The van der Waals surface area contributed by atoms with Gasteiger partial charge in [-0.1, -0.05) is 0 Å². The number of pyridine rings is 1. The molecular formula is C24H27FN6O2. The van der Waals surface area contributed by atoms with E-state index < -0.39 is 5.97 Å². The second-order valence-corrected chi connectivity index (χ2v) is 8.47. The van der Waals surface area contributed by atoms with Crippen molar-refractivity contribution < 1.29 is 14.3 Å². The van der Waals surface area contributed by atoms with Gasteiger partial charge in [0, 0.05) is 57.6 Å². The van der Waals surface area contributed by atoms with Crippen molar-refractivity contribution >= 4 is 23.6 Å². The van der Waals surface area contributed by atoms with Gasteiger partial charge in [0.25, 0.3) is 0 Å². The molecule has 8 nitrogen and oxygen atoms in total. The number of piperazine rings is 1. The first-order chi connectivity index (χ1) is 15.7. The van der Waals surface area contributed by atoms with E-state index in [1.54, 1.807) is 18.2 Å². The number of halogens is 1. The predicted octanol–water partition coefficient (Wildman–Crippen LogP) is 3.47. The zero-order valence-corrected chi connectivity index (χ0v) is 19.2. The fraction of sp³-hybridized carbons (Fsp3) is 0.333. The lowest BCUT2D eigenvalue weighted by molar-refractivity contribution is 0.0696. The van der Waals surface area contributed by atoms with Crippen LogP contribution in [0.25, 0.3) is 11.3 Å². The van der Waals surface area contributed by atoms with Gasteiger partial charge in [0.2, 0.25) is 5.95 Å². The summed E-state index contributed by atoms with van der Waals surface area (Å²) in [6.07, 6.45) is 1.41. The summed E-state index contributed by atoms with van der Waals surface area (Å²) in [6, 6.07) is 10.0. The number of carboxylic acid groups (broad SMARTS) is 1. The average molecular weight is 451 g/mol. The van der Waals surface area contributed by atoms with E-state index in [-0.39, 0.29) is 17.4 Å². The van der Waals surface area contributed by atoms with Crippen molar-refractivity contribution in [2.24, 2.45) is 0 Å². The second-order valence-electron chi connectivity index (χ2n) is 8.47. The lowest BCUT2D eigenvalue weighted by Crippen LogP contribution is -2.53. The number of nitrogens with zero attached hydrogens (tertiary/aromatic N) is 6. The van der Waals surface area contributed by atoms with Gasteiger partial charge in [0.05, 0.1) is 11.3 Å². The molecule has 1 aliphatic rings. The van der Waals surface area contributed by atoms with Crippen LogP contribution in [0.15, 0.2) is 42.6 Å². The summed E-state index contributed by atoms with van der Waals surface area (Å²) in [5.41, 5.74) is 2.59. The highest BCUT2D eigenvalue weighted by Crippen LogP contribution is 2.28. The monoisotopic (exact) mass is 450 g/mol. The van der Waals surface area contributed by atoms with E-state index >= 15 is 0 Å². The number of hydrogen-bond donors (Lipinski definition) is 1. The van der Waals surface area contributed by atoms with E-state index in [1.165, 1.54) is 18.3 Å². The van der Waals surface area contributed by atoms with Crippen molar-refractivity contribution in [2.75, 3.05) is 48.4 Å². The Labute approximate surface area is 192 Å². The predicted molar refractivity (Wildman–Crippen MR) is 127 cm³/mol. The standard InChI is InChI=1S/C24H27FN6O2/c1-15-11-18(23(32)33)13-26-22(15)30-9-10-31(16(2)14-30)21-12-20(27-24(28-21)29(3)4)17-5-7-19(25)8-6-17/h5-8,11-13,16H,9-10,14H2,1-4H3,(H,32,33)/t16-/m1/s1. The number of aryl methyl sites for hydroxylation is 1. The Morgan fingerprint density at radius 1 is 1.15 bits per heavy atom. The minimum atomic E-state index is -0.979. The lowest BCUT2D eigenvalue weighted by Gasteiger charge is -2.41. The van der Waals surface area contributed by atoms with Crippen molar-refractivity contribution in [1.82, 2.24) is 15.0 Å². The van der Waals surface area contributed by atoms with E-state index in [9.17, 15) is 14.3 Å². The van der Waals surface area contributed by atoms with E-state index in [0.717, 1.165) is 41.5 Å². The van der Waals surface area contributed by atoms with Crippen molar-refractivity contribution in [1.29, 1.82) is 0 Å². The summed E-state index contributed by atoms with van der Waals surface area (Å²) in [4.78, 5) is 31.3. The van der Waals surface area contributed by atoms with Crippen molar-refractivity contribution in [2.45, 2.75) is 19.9 Å². The maximum Gasteiger partial charge on any atom is 0.337 e. The maximum atomic E-state index is 13.4. The molecule has 0 amide bonds. The number of aromatic carboxylic acids is 1. The third kappa shape index (κ3) is 4.72. The highest BCUT2D eigenvalue weighted by molar-refractivity contribution is 5.87. The Morgan fingerprint density at radius 2 is 1.88 bits per heavy atom. The van der Waals surface area contributed by atoms with Gasteiger partial charge in [0.1, 0.15) is 17.5 Å². The molecule has 3 aromatic rings. The third-order valence-electron chi connectivity index (χ3n) is 5.76.